The number of ether oxygens (including phenoxy) is 2. The zero-order chi connectivity index (χ0) is 18.8. The quantitative estimate of drug-likeness (QED) is 0.610. The Balaban J connectivity index is 1.70. The van der Waals surface area contributed by atoms with E-state index in [-0.39, 0.29) is 30.3 Å². The number of anilines is 1. The molecule has 134 valence electrons. The van der Waals surface area contributed by atoms with Gasteiger partial charge in [-0.2, -0.15) is 0 Å². The minimum atomic E-state index is -0.616. The van der Waals surface area contributed by atoms with Crippen LogP contribution in [0.25, 0.3) is 0 Å². The van der Waals surface area contributed by atoms with Crippen LogP contribution in [0.2, 0.25) is 0 Å². The lowest BCUT2D eigenvalue weighted by atomic mass is 10.1. The van der Waals surface area contributed by atoms with Gasteiger partial charge in [0.2, 0.25) is 5.91 Å². The molecule has 0 bridgehead atoms. The number of carbonyl (C=O) groups is 3. The van der Waals surface area contributed by atoms with Crippen LogP contribution in [0, 0.1) is 6.92 Å². The van der Waals surface area contributed by atoms with Gasteiger partial charge in [-0.3, -0.25) is 9.59 Å². The number of likely N-dealkylation sites (N-methyl/N-ethyl adjacent to an activating group) is 1. The number of esters is 1. The van der Waals surface area contributed by atoms with Crippen molar-refractivity contribution in [2.24, 2.45) is 0 Å². The summed E-state index contributed by atoms with van der Waals surface area (Å²) in [5.41, 5.74) is 3.18. The van der Waals surface area contributed by atoms with Gasteiger partial charge in [0.15, 0.2) is 12.4 Å². The van der Waals surface area contributed by atoms with Crippen LogP contribution in [0.4, 0.5) is 5.69 Å². The summed E-state index contributed by atoms with van der Waals surface area (Å²) in [5, 5.41) is 0. The number of ketones is 1. The normalized spacial score (nSPS) is 12.7. The first-order valence-electron chi connectivity index (χ1n) is 8.15. The number of carbonyl (C=O) groups excluding carboxylic acids is 3. The van der Waals surface area contributed by atoms with E-state index in [1.165, 1.54) is 7.11 Å². The van der Waals surface area contributed by atoms with Crippen LogP contribution in [0.3, 0.4) is 0 Å². The fourth-order valence-corrected chi connectivity index (χ4v) is 2.92. The van der Waals surface area contributed by atoms with E-state index in [1.54, 1.807) is 42.3 Å². The molecular formula is C20H19NO5. The number of methoxy groups -OCH3 is 1. The number of aryl methyl sites for hydroxylation is 1. The van der Waals surface area contributed by atoms with Gasteiger partial charge in [-0.05, 0) is 42.8 Å². The molecule has 0 aromatic heterocycles. The molecule has 1 aliphatic rings. The molecule has 6 heteroatoms. The molecule has 1 amide bonds. The molecule has 26 heavy (non-hydrogen) atoms. The molecule has 1 heterocycles. The Morgan fingerprint density at radius 1 is 1.15 bits per heavy atom. The standard InChI is InChI=1S/C20H19NO5/c1-12-4-7-18(25-3)15(8-12)20(24)26-11-17(22)13-5-6-16-14(9-13)10-19(23)21(16)2/h4-9H,10-11H2,1-3H3. The second-order valence-electron chi connectivity index (χ2n) is 6.18. The van der Waals surface area contributed by atoms with Gasteiger partial charge < -0.3 is 14.4 Å². The molecule has 6 nitrogen and oxygen atoms in total. The van der Waals surface area contributed by atoms with Crippen LogP contribution >= 0.6 is 0 Å². The van der Waals surface area contributed by atoms with Crippen molar-refractivity contribution < 1.29 is 23.9 Å². The average Bonchev–Trinajstić information content (AvgIpc) is 2.92. The highest BCUT2D eigenvalue weighted by Gasteiger charge is 2.25. The molecule has 0 atom stereocenters. The Bertz CT molecular complexity index is 903. The number of Topliss-reactive ketones (excluding diaryl/α,β-unsaturated/α-hetero) is 1. The zero-order valence-electron chi connectivity index (χ0n) is 14.9. The zero-order valence-corrected chi connectivity index (χ0v) is 14.9. The summed E-state index contributed by atoms with van der Waals surface area (Å²) >= 11 is 0. The van der Waals surface area contributed by atoms with Crippen molar-refractivity contribution in [2.75, 3.05) is 25.7 Å². The molecule has 0 spiro atoms. The number of benzene rings is 2. The van der Waals surface area contributed by atoms with Crippen molar-refractivity contribution in [3.05, 3.63) is 58.7 Å². The van der Waals surface area contributed by atoms with E-state index < -0.39 is 5.97 Å². The Morgan fingerprint density at radius 3 is 2.65 bits per heavy atom. The third kappa shape index (κ3) is 3.31. The highest BCUT2D eigenvalue weighted by Crippen LogP contribution is 2.28. The largest absolute Gasteiger partial charge is 0.496 e. The molecule has 3 rings (SSSR count). The summed E-state index contributed by atoms with van der Waals surface area (Å²) in [4.78, 5) is 37.9. The first-order chi connectivity index (χ1) is 12.4. The molecule has 2 aromatic carbocycles. The van der Waals surface area contributed by atoms with E-state index in [9.17, 15) is 14.4 Å². The van der Waals surface area contributed by atoms with Crippen molar-refractivity contribution in [3.8, 4) is 5.75 Å². The lowest BCUT2D eigenvalue weighted by Crippen LogP contribution is -2.20. The minimum Gasteiger partial charge on any atom is -0.496 e. The van der Waals surface area contributed by atoms with Crippen molar-refractivity contribution in [2.45, 2.75) is 13.3 Å². The number of amides is 1. The highest BCUT2D eigenvalue weighted by atomic mass is 16.5. The van der Waals surface area contributed by atoms with E-state index in [4.69, 9.17) is 9.47 Å². The first-order valence-corrected chi connectivity index (χ1v) is 8.15. The summed E-state index contributed by atoms with van der Waals surface area (Å²) in [7, 11) is 3.17. The average molecular weight is 353 g/mol. The van der Waals surface area contributed by atoms with E-state index in [0.717, 1.165) is 16.8 Å². The fraction of sp³-hybridized carbons (Fsp3) is 0.250. The Hall–Kier alpha value is -3.15. The van der Waals surface area contributed by atoms with Gasteiger partial charge in [0.05, 0.1) is 13.5 Å². The molecule has 2 aromatic rings. The second-order valence-corrected chi connectivity index (χ2v) is 6.18. The molecule has 0 fully saturated rings. The minimum absolute atomic E-state index is 0.0115. The topological polar surface area (TPSA) is 72.9 Å². The predicted molar refractivity (Wildman–Crippen MR) is 95.9 cm³/mol. The van der Waals surface area contributed by atoms with Crippen LogP contribution < -0.4 is 9.64 Å². The number of hydrogen-bond donors (Lipinski definition) is 0. The maximum atomic E-state index is 12.4. The lowest BCUT2D eigenvalue weighted by Gasteiger charge is -2.11. The first kappa shape index (κ1) is 17.7. The van der Waals surface area contributed by atoms with Gasteiger partial charge in [-0.25, -0.2) is 4.79 Å². The third-order valence-electron chi connectivity index (χ3n) is 4.39. The van der Waals surface area contributed by atoms with E-state index in [1.807, 2.05) is 13.0 Å². The summed E-state index contributed by atoms with van der Waals surface area (Å²) in [5.74, 6) is -0.556. The maximum Gasteiger partial charge on any atom is 0.342 e. The summed E-state index contributed by atoms with van der Waals surface area (Å²) in [6, 6.07) is 10.2. The van der Waals surface area contributed by atoms with Crippen molar-refractivity contribution in [1.29, 1.82) is 0 Å². The number of fused-ring (bicyclic) bond motifs is 1. The SMILES string of the molecule is COc1ccc(C)cc1C(=O)OCC(=O)c1ccc2c(c1)CC(=O)N2C. The van der Waals surface area contributed by atoms with E-state index in [0.29, 0.717) is 11.3 Å². The highest BCUT2D eigenvalue weighted by molar-refractivity contribution is 6.04. The van der Waals surface area contributed by atoms with Gasteiger partial charge in [0.1, 0.15) is 11.3 Å². The maximum absolute atomic E-state index is 12.4. The van der Waals surface area contributed by atoms with E-state index in [2.05, 4.69) is 0 Å². The predicted octanol–water partition coefficient (Wildman–Crippen LogP) is 2.56. The number of rotatable bonds is 5. The van der Waals surface area contributed by atoms with Gasteiger partial charge in [-0.1, -0.05) is 11.6 Å². The molecule has 0 unspecified atom stereocenters. The van der Waals surface area contributed by atoms with Crippen LogP contribution in [-0.4, -0.2) is 38.4 Å². The Labute approximate surface area is 151 Å². The van der Waals surface area contributed by atoms with Crippen molar-refractivity contribution >= 4 is 23.3 Å². The molecular weight excluding hydrogens is 334 g/mol. The molecule has 0 aliphatic carbocycles. The van der Waals surface area contributed by atoms with Gasteiger partial charge >= 0.3 is 5.97 Å². The molecule has 0 saturated heterocycles. The van der Waals surface area contributed by atoms with Crippen LogP contribution in [-0.2, 0) is 16.0 Å². The third-order valence-corrected chi connectivity index (χ3v) is 4.39. The smallest absolute Gasteiger partial charge is 0.342 e. The lowest BCUT2D eigenvalue weighted by molar-refractivity contribution is -0.117. The van der Waals surface area contributed by atoms with Crippen LogP contribution in [0.5, 0.6) is 5.75 Å². The summed E-state index contributed by atoms with van der Waals surface area (Å²) in [6.07, 6.45) is 0.271. The van der Waals surface area contributed by atoms with E-state index >= 15 is 0 Å². The Morgan fingerprint density at radius 2 is 1.92 bits per heavy atom. The number of hydrogen-bond acceptors (Lipinski definition) is 5. The number of nitrogens with zero attached hydrogens (tertiary/aromatic N) is 1. The monoisotopic (exact) mass is 353 g/mol. The van der Waals surface area contributed by atoms with Crippen molar-refractivity contribution in [3.63, 3.8) is 0 Å². The Kier molecular flexibility index (Phi) is 4.75. The fourth-order valence-electron chi connectivity index (χ4n) is 2.92. The molecule has 1 aliphatic heterocycles. The van der Waals surface area contributed by atoms with Gasteiger partial charge in [0, 0.05) is 18.3 Å². The van der Waals surface area contributed by atoms with Crippen LogP contribution in [0.1, 0.15) is 31.8 Å². The van der Waals surface area contributed by atoms with Crippen LogP contribution in [0.15, 0.2) is 36.4 Å². The molecule has 0 N–H and O–H groups in total. The summed E-state index contributed by atoms with van der Waals surface area (Å²) in [6.45, 7) is 1.47. The molecule has 0 saturated carbocycles. The second kappa shape index (κ2) is 7.00. The molecule has 0 radical (unpaired) electrons. The summed E-state index contributed by atoms with van der Waals surface area (Å²) < 4.78 is 10.3. The van der Waals surface area contributed by atoms with Gasteiger partial charge in [0.25, 0.3) is 0 Å². The van der Waals surface area contributed by atoms with Gasteiger partial charge in [-0.15, -0.1) is 0 Å². The van der Waals surface area contributed by atoms with Crippen molar-refractivity contribution in [1.82, 2.24) is 0 Å².